The van der Waals surface area contributed by atoms with Crippen molar-refractivity contribution in [2.45, 2.75) is 6.92 Å². The predicted molar refractivity (Wildman–Crippen MR) is 64.3 cm³/mol. The molecule has 0 unspecified atom stereocenters. The van der Waals surface area contributed by atoms with Crippen molar-refractivity contribution in [2.24, 2.45) is 0 Å². The van der Waals surface area contributed by atoms with E-state index < -0.39 is 0 Å². The standard InChI is InChI=1S/C9H16N6.H2O/c1-6-7(8(10)14-9(11)13-6)15-4-2-12-3-5-15;/h12H,2-5H2,1H3,(H4,10,11,13,14);1H2. The van der Waals surface area contributed by atoms with Crippen LogP contribution < -0.4 is 21.7 Å². The summed E-state index contributed by atoms with van der Waals surface area (Å²) in [5.41, 5.74) is 13.2. The zero-order chi connectivity index (χ0) is 10.8. The van der Waals surface area contributed by atoms with Crippen LogP contribution in [0.5, 0.6) is 0 Å². The lowest BCUT2D eigenvalue weighted by Gasteiger charge is -2.30. The van der Waals surface area contributed by atoms with E-state index in [4.69, 9.17) is 11.5 Å². The minimum atomic E-state index is 0. The fraction of sp³-hybridized carbons (Fsp3) is 0.556. The third-order valence-electron chi connectivity index (χ3n) is 2.54. The van der Waals surface area contributed by atoms with Crippen molar-refractivity contribution in [3.63, 3.8) is 0 Å². The van der Waals surface area contributed by atoms with Crippen molar-refractivity contribution < 1.29 is 5.48 Å². The van der Waals surface area contributed by atoms with Crippen LogP contribution >= 0.6 is 0 Å². The predicted octanol–water partition coefficient (Wildman–Crippen LogP) is -1.47. The Bertz CT molecular complexity index is 340. The Morgan fingerprint density at radius 1 is 1.19 bits per heavy atom. The number of nitrogen functional groups attached to an aromatic ring is 2. The third kappa shape index (κ3) is 2.31. The van der Waals surface area contributed by atoms with Gasteiger partial charge in [-0.05, 0) is 6.92 Å². The summed E-state index contributed by atoms with van der Waals surface area (Å²) >= 11 is 0. The van der Waals surface area contributed by atoms with E-state index >= 15 is 0 Å². The van der Waals surface area contributed by atoms with Gasteiger partial charge in [0.25, 0.3) is 0 Å². The molecule has 0 atom stereocenters. The van der Waals surface area contributed by atoms with Crippen LogP contribution in [0.3, 0.4) is 0 Å². The average Bonchev–Trinajstić information content (AvgIpc) is 2.17. The Balaban J connectivity index is 0.00000128. The van der Waals surface area contributed by atoms with E-state index in [2.05, 4.69) is 20.2 Å². The second-order valence-electron chi connectivity index (χ2n) is 3.64. The second kappa shape index (κ2) is 4.95. The van der Waals surface area contributed by atoms with Gasteiger partial charge >= 0.3 is 0 Å². The highest BCUT2D eigenvalue weighted by Crippen LogP contribution is 2.25. The molecule has 0 bridgehead atoms. The molecule has 90 valence electrons. The van der Waals surface area contributed by atoms with Crippen LogP contribution in [0.15, 0.2) is 0 Å². The van der Waals surface area contributed by atoms with Gasteiger partial charge in [-0.25, -0.2) is 4.98 Å². The molecule has 0 aromatic carbocycles. The topological polar surface area (TPSA) is 125 Å². The first-order valence-corrected chi connectivity index (χ1v) is 5.03. The molecule has 1 aliphatic heterocycles. The minimum Gasteiger partial charge on any atom is -0.412 e. The van der Waals surface area contributed by atoms with Gasteiger partial charge in [-0.1, -0.05) is 0 Å². The van der Waals surface area contributed by atoms with Gasteiger partial charge in [-0.15, -0.1) is 0 Å². The smallest absolute Gasteiger partial charge is 0.222 e. The number of nitrogens with zero attached hydrogens (tertiary/aromatic N) is 3. The molecule has 0 amide bonds. The Labute approximate surface area is 94.2 Å². The van der Waals surface area contributed by atoms with Crippen LogP contribution in [0.25, 0.3) is 0 Å². The number of hydrogen-bond acceptors (Lipinski definition) is 6. The van der Waals surface area contributed by atoms with E-state index in [0.29, 0.717) is 5.82 Å². The van der Waals surface area contributed by atoms with Crippen LogP contribution in [-0.2, 0) is 0 Å². The summed E-state index contributed by atoms with van der Waals surface area (Å²) < 4.78 is 0. The van der Waals surface area contributed by atoms with Gasteiger partial charge in [0.2, 0.25) is 5.95 Å². The third-order valence-corrected chi connectivity index (χ3v) is 2.54. The van der Waals surface area contributed by atoms with Crippen molar-refractivity contribution in [3.05, 3.63) is 5.69 Å². The molecule has 7 heteroatoms. The minimum absolute atomic E-state index is 0. The SMILES string of the molecule is Cc1nc(N)nc(N)c1N1CCNCC1.O. The first kappa shape index (κ1) is 12.5. The van der Waals surface area contributed by atoms with Gasteiger partial charge in [0.15, 0.2) is 5.82 Å². The average molecular weight is 226 g/mol. The summed E-state index contributed by atoms with van der Waals surface area (Å²) in [7, 11) is 0. The number of aryl methyl sites for hydroxylation is 1. The van der Waals surface area contributed by atoms with Gasteiger partial charge in [0.05, 0.1) is 5.69 Å². The van der Waals surface area contributed by atoms with E-state index in [1.165, 1.54) is 0 Å². The highest BCUT2D eigenvalue weighted by Gasteiger charge is 2.17. The molecule has 7 nitrogen and oxygen atoms in total. The molecule has 1 aliphatic rings. The van der Waals surface area contributed by atoms with Gasteiger partial charge in [-0.3, -0.25) is 0 Å². The summed E-state index contributed by atoms with van der Waals surface area (Å²) in [4.78, 5) is 10.3. The fourth-order valence-corrected chi connectivity index (χ4v) is 1.89. The van der Waals surface area contributed by atoms with Crippen LogP contribution in [0.1, 0.15) is 5.69 Å². The highest BCUT2D eigenvalue weighted by molar-refractivity contribution is 5.67. The van der Waals surface area contributed by atoms with Crippen LogP contribution in [-0.4, -0.2) is 41.6 Å². The zero-order valence-corrected chi connectivity index (χ0v) is 9.32. The Morgan fingerprint density at radius 2 is 1.81 bits per heavy atom. The number of hydrogen-bond donors (Lipinski definition) is 3. The molecule has 7 N–H and O–H groups in total. The molecule has 1 saturated heterocycles. The summed E-state index contributed by atoms with van der Waals surface area (Å²) in [6.45, 7) is 5.69. The molecule has 1 fully saturated rings. The van der Waals surface area contributed by atoms with E-state index in [9.17, 15) is 0 Å². The number of anilines is 3. The largest absolute Gasteiger partial charge is 0.412 e. The van der Waals surface area contributed by atoms with E-state index in [0.717, 1.165) is 37.6 Å². The number of nitrogens with two attached hydrogens (primary N) is 2. The molecule has 1 aromatic rings. The van der Waals surface area contributed by atoms with Crippen molar-refractivity contribution in [3.8, 4) is 0 Å². The van der Waals surface area contributed by atoms with Crippen molar-refractivity contribution in [1.82, 2.24) is 15.3 Å². The highest BCUT2D eigenvalue weighted by atomic mass is 16.0. The maximum absolute atomic E-state index is 5.86. The summed E-state index contributed by atoms with van der Waals surface area (Å²) in [5.74, 6) is 0.714. The molecule has 16 heavy (non-hydrogen) atoms. The first-order chi connectivity index (χ1) is 7.18. The maximum atomic E-state index is 5.86. The van der Waals surface area contributed by atoms with E-state index in [-0.39, 0.29) is 11.4 Å². The summed E-state index contributed by atoms with van der Waals surface area (Å²) in [6, 6.07) is 0. The molecule has 0 aliphatic carbocycles. The lowest BCUT2D eigenvalue weighted by Crippen LogP contribution is -2.44. The lowest BCUT2D eigenvalue weighted by molar-refractivity contribution is 0.587. The number of rotatable bonds is 1. The molecule has 2 heterocycles. The van der Waals surface area contributed by atoms with Gasteiger partial charge in [-0.2, -0.15) is 4.98 Å². The van der Waals surface area contributed by atoms with E-state index in [1.54, 1.807) is 0 Å². The first-order valence-electron chi connectivity index (χ1n) is 5.03. The maximum Gasteiger partial charge on any atom is 0.222 e. The van der Waals surface area contributed by atoms with Crippen molar-refractivity contribution in [1.29, 1.82) is 0 Å². The normalized spacial score (nSPS) is 15.7. The van der Waals surface area contributed by atoms with Gasteiger partial charge < -0.3 is 27.2 Å². The molecular weight excluding hydrogens is 208 g/mol. The number of piperazine rings is 1. The monoisotopic (exact) mass is 226 g/mol. The summed E-state index contributed by atoms with van der Waals surface area (Å²) in [5, 5.41) is 3.29. The van der Waals surface area contributed by atoms with E-state index in [1.807, 2.05) is 6.92 Å². The van der Waals surface area contributed by atoms with Crippen LogP contribution in [0, 0.1) is 6.92 Å². The quantitative estimate of drug-likeness (QED) is 0.537. The molecular formula is C9H18N6O. The lowest BCUT2D eigenvalue weighted by atomic mass is 10.2. The van der Waals surface area contributed by atoms with Crippen LogP contribution in [0.2, 0.25) is 0 Å². The zero-order valence-electron chi connectivity index (χ0n) is 9.32. The Hall–Kier alpha value is -1.60. The second-order valence-corrected chi connectivity index (χ2v) is 3.64. The molecule has 1 aromatic heterocycles. The molecule has 0 spiro atoms. The van der Waals surface area contributed by atoms with Crippen LogP contribution in [0.4, 0.5) is 17.5 Å². The van der Waals surface area contributed by atoms with Gasteiger partial charge in [0, 0.05) is 26.2 Å². The van der Waals surface area contributed by atoms with Gasteiger partial charge in [0.1, 0.15) is 5.69 Å². The van der Waals surface area contributed by atoms with Crippen molar-refractivity contribution in [2.75, 3.05) is 42.5 Å². The fourth-order valence-electron chi connectivity index (χ4n) is 1.89. The van der Waals surface area contributed by atoms with Crippen molar-refractivity contribution >= 4 is 17.5 Å². The Morgan fingerprint density at radius 3 is 2.38 bits per heavy atom. The molecule has 0 radical (unpaired) electrons. The number of nitrogens with one attached hydrogen (secondary N) is 1. The molecule has 2 rings (SSSR count). The molecule has 0 saturated carbocycles. The Kier molecular flexibility index (Phi) is 3.86. The number of aromatic nitrogens is 2. The summed E-state index contributed by atoms with van der Waals surface area (Å²) in [6.07, 6.45) is 0.